The van der Waals surface area contributed by atoms with Gasteiger partial charge in [0, 0.05) is 0 Å². The predicted octanol–water partition coefficient (Wildman–Crippen LogP) is 3.23. The van der Waals surface area contributed by atoms with E-state index in [2.05, 4.69) is 24.3 Å². The minimum absolute atomic E-state index is 0.504. The molecule has 0 heterocycles. The van der Waals surface area contributed by atoms with Gasteiger partial charge in [0.15, 0.2) is 0 Å². The predicted molar refractivity (Wildman–Crippen MR) is 75.2 cm³/mol. The van der Waals surface area contributed by atoms with Crippen LogP contribution < -0.4 is 10.5 Å². The van der Waals surface area contributed by atoms with Crippen molar-refractivity contribution in [2.24, 2.45) is 5.73 Å². The number of rotatable bonds is 2. The Bertz CT molecular complexity index is 571. The second-order valence-corrected chi connectivity index (χ2v) is 5.05. The van der Waals surface area contributed by atoms with Gasteiger partial charge in [-0.05, 0) is 65.8 Å². The summed E-state index contributed by atoms with van der Waals surface area (Å²) < 4.78 is 5.35. The number of hydrogen-bond donors (Lipinski definition) is 1. The van der Waals surface area contributed by atoms with Crippen LogP contribution in [-0.4, -0.2) is 13.7 Å². The summed E-state index contributed by atoms with van der Waals surface area (Å²) in [5.41, 5.74) is 8.88. The van der Waals surface area contributed by atoms with Crippen molar-refractivity contribution in [3.63, 3.8) is 0 Å². The maximum atomic E-state index is 5.95. The van der Waals surface area contributed by atoms with Crippen LogP contribution in [0.25, 0.3) is 10.8 Å². The highest BCUT2D eigenvalue weighted by atomic mass is 16.5. The van der Waals surface area contributed by atoms with E-state index >= 15 is 0 Å². The molecular weight excluding hydrogens is 222 g/mol. The molecule has 0 fully saturated rings. The molecule has 0 radical (unpaired) electrons. The lowest BCUT2D eigenvalue weighted by Crippen LogP contribution is -2.18. The molecule has 0 aromatic heterocycles. The topological polar surface area (TPSA) is 35.2 Å². The Balaban J connectivity index is 2.27. The zero-order valence-corrected chi connectivity index (χ0v) is 10.8. The summed E-state index contributed by atoms with van der Waals surface area (Å²) in [5, 5.41) is 2.61. The highest BCUT2D eigenvalue weighted by Crippen LogP contribution is 2.37. The third kappa shape index (κ3) is 1.77. The molecule has 1 aliphatic carbocycles. The molecule has 94 valence electrons. The van der Waals surface area contributed by atoms with Gasteiger partial charge in [-0.3, -0.25) is 0 Å². The summed E-state index contributed by atoms with van der Waals surface area (Å²) in [6.07, 6.45) is 3.64. The van der Waals surface area contributed by atoms with Gasteiger partial charge in [0.2, 0.25) is 0 Å². The standard InChI is InChI=1S/C16H19NO/c1-18-14-8-7-11-5-6-12-3-2-4-13(10-17)16(12)15(11)9-14/h5-9,13H,2-4,10,17H2,1H3. The van der Waals surface area contributed by atoms with Crippen LogP contribution in [-0.2, 0) is 6.42 Å². The zero-order valence-electron chi connectivity index (χ0n) is 10.8. The first-order valence-corrected chi connectivity index (χ1v) is 6.63. The van der Waals surface area contributed by atoms with E-state index < -0.39 is 0 Å². The molecule has 0 saturated carbocycles. The SMILES string of the molecule is COc1ccc2ccc3c(c2c1)C(CN)CCC3. The molecule has 0 saturated heterocycles. The molecule has 0 bridgehead atoms. The van der Waals surface area contributed by atoms with Gasteiger partial charge in [0.05, 0.1) is 7.11 Å². The summed E-state index contributed by atoms with van der Waals surface area (Å²) in [6, 6.07) is 10.8. The van der Waals surface area contributed by atoms with Crippen LogP contribution in [0.15, 0.2) is 30.3 Å². The Hall–Kier alpha value is -1.54. The fourth-order valence-electron chi connectivity index (χ4n) is 3.11. The monoisotopic (exact) mass is 241 g/mol. The molecule has 1 aliphatic rings. The molecule has 0 spiro atoms. The molecule has 0 aliphatic heterocycles. The number of ether oxygens (including phenoxy) is 1. The second-order valence-electron chi connectivity index (χ2n) is 5.05. The lowest BCUT2D eigenvalue weighted by molar-refractivity contribution is 0.415. The fraction of sp³-hybridized carbons (Fsp3) is 0.375. The Kier molecular flexibility index (Phi) is 2.96. The van der Waals surface area contributed by atoms with Crippen LogP contribution in [0, 0.1) is 0 Å². The van der Waals surface area contributed by atoms with Gasteiger partial charge in [-0.15, -0.1) is 0 Å². The van der Waals surface area contributed by atoms with Crippen LogP contribution in [0.5, 0.6) is 5.75 Å². The third-order valence-electron chi connectivity index (χ3n) is 4.05. The fourth-order valence-corrected chi connectivity index (χ4v) is 3.11. The first kappa shape index (κ1) is 11.5. The van der Waals surface area contributed by atoms with E-state index in [0.717, 1.165) is 12.3 Å². The van der Waals surface area contributed by atoms with Crippen LogP contribution in [0.3, 0.4) is 0 Å². The molecule has 18 heavy (non-hydrogen) atoms. The van der Waals surface area contributed by atoms with E-state index in [1.165, 1.54) is 41.2 Å². The highest BCUT2D eigenvalue weighted by Gasteiger charge is 2.21. The van der Waals surface area contributed by atoms with E-state index in [4.69, 9.17) is 10.5 Å². The minimum Gasteiger partial charge on any atom is -0.497 e. The molecule has 3 rings (SSSR count). The maximum Gasteiger partial charge on any atom is 0.119 e. The van der Waals surface area contributed by atoms with Crippen molar-refractivity contribution in [3.05, 3.63) is 41.5 Å². The average Bonchev–Trinajstić information content (AvgIpc) is 2.45. The van der Waals surface area contributed by atoms with Crippen molar-refractivity contribution in [2.75, 3.05) is 13.7 Å². The van der Waals surface area contributed by atoms with E-state index in [-0.39, 0.29) is 0 Å². The zero-order chi connectivity index (χ0) is 12.5. The van der Waals surface area contributed by atoms with Gasteiger partial charge < -0.3 is 10.5 Å². The molecule has 0 amide bonds. The number of benzene rings is 2. The Labute approximate surface area is 108 Å². The Morgan fingerprint density at radius 3 is 2.89 bits per heavy atom. The molecule has 2 aromatic rings. The summed E-state index contributed by atoms with van der Waals surface area (Å²) >= 11 is 0. The van der Waals surface area contributed by atoms with E-state index in [9.17, 15) is 0 Å². The first-order valence-electron chi connectivity index (χ1n) is 6.63. The van der Waals surface area contributed by atoms with Gasteiger partial charge in [-0.25, -0.2) is 0 Å². The van der Waals surface area contributed by atoms with Crippen molar-refractivity contribution in [1.29, 1.82) is 0 Å². The van der Waals surface area contributed by atoms with Gasteiger partial charge in [0.1, 0.15) is 5.75 Å². The first-order chi connectivity index (χ1) is 8.83. The molecular formula is C16H19NO. The van der Waals surface area contributed by atoms with Gasteiger partial charge in [-0.1, -0.05) is 18.2 Å². The summed E-state index contributed by atoms with van der Waals surface area (Å²) in [6.45, 7) is 0.739. The summed E-state index contributed by atoms with van der Waals surface area (Å²) in [5.74, 6) is 1.43. The van der Waals surface area contributed by atoms with E-state index in [1.807, 2.05) is 6.07 Å². The van der Waals surface area contributed by atoms with Crippen LogP contribution >= 0.6 is 0 Å². The number of nitrogens with two attached hydrogens (primary N) is 1. The van der Waals surface area contributed by atoms with Crippen molar-refractivity contribution in [1.82, 2.24) is 0 Å². The smallest absolute Gasteiger partial charge is 0.119 e. The number of methoxy groups -OCH3 is 1. The van der Waals surface area contributed by atoms with Gasteiger partial charge >= 0.3 is 0 Å². The Morgan fingerprint density at radius 2 is 2.11 bits per heavy atom. The van der Waals surface area contributed by atoms with Crippen LogP contribution in [0.2, 0.25) is 0 Å². The normalized spacial score (nSPS) is 18.7. The van der Waals surface area contributed by atoms with Crippen molar-refractivity contribution < 1.29 is 4.74 Å². The molecule has 2 nitrogen and oxygen atoms in total. The lowest BCUT2D eigenvalue weighted by atomic mass is 9.80. The molecule has 2 N–H and O–H groups in total. The summed E-state index contributed by atoms with van der Waals surface area (Å²) in [4.78, 5) is 0. The molecule has 2 aromatic carbocycles. The summed E-state index contributed by atoms with van der Waals surface area (Å²) in [7, 11) is 1.72. The Morgan fingerprint density at radius 1 is 1.28 bits per heavy atom. The van der Waals surface area contributed by atoms with E-state index in [1.54, 1.807) is 7.11 Å². The maximum absolute atomic E-state index is 5.95. The van der Waals surface area contributed by atoms with Crippen molar-refractivity contribution in [2.45, 2.75) is 25.2 Å². The van der Waals surface area contributed by atoms with Crippen LogP contribution in [0.1, 0.15) is 29.9 Å². The lowest BCUT2D eigenvalue weighted by Gasteiger charge is -2.26. The number of fused-ring (bicyclic) bond motifs is 3. The molecule has 2 heteroatoms. The largest absolute Gasteiger partial charge is 0.497 e. The quantitative estimate of drug-likeness (QED) is 0.876. The number of aryl methyl sites for hydroxylation is 1. The van der Waals surface area contributed by atoms with Gasteiger partial charge in [0.25, 0.3) is 0 Å². The van der Waals surface area contributed by atoms with Crippen molar-refractivity contribution >= 4 is 10.8 Å². The van der Waals surface area contributed by atoms with E-state index in [0.29, 0.717) is 5.92 Å². The van der Waals surface area contributed by atoms with Crippen LogP contribution in [0.4, 0.5) is 0 Å². The van der Waals surface area contributed by atoms with Gasteiger partial charge in [-0.2, -0.15) is 0 Å². The minimum atomic E-state index is 0.504. The number of hydrogen-bond acceptors (Lipinski definition) is 2. The highest BCUT2D eigenvalue weighted by molar-refractivity contribution is 5.88. The van der Waals surface area contributed by atoms with Crippen molar-refractivity contribution in [3.8, 4) is 5.75 Å². The second kappa shape index (κ2) is 4.62. The average molecular weight is 241 g/mol. The molecule has 1 atom stereocenters. The third-order valence-corrected chi connectivity index (χ3v) is 4.05. The molecule has 1 unspecified atom stereocenters.